The lowest BCUT2D eigenvalue weighted by Crippen LogP contribution is -2.29. The maximum Gasteiger partial charge on any atom is 0.416 e. The van der Waals surface area contributed by atoms with Crippen LogP contribution in [0.15, 0.2) is 84.2 Å². The van der Waals surface area contributed by atoms with Crippen molar-refractivity contribution in [2.75, 3.05) is 0 Å². The van der Waals surface area contributed by atoms with Crippen LogP contribution < -0.4 is 21.2 Å². The molecule has 1 unspecified atom stereocenters. The van der Waals surface area contributed by atoms with E-state index in [9.17, 15) is 52.7 Å². The van der Waals surface area contributed by atoms with Gasteiger partial charge in [-0.15, -0.1) is 0 Å². The van der Waals surface area contributed by atoms with Crippen molar-refractivity contribution in [3.05, 3.63) is 140 Å². The van der Waals surface area contributed by atoms with Gasteiger partial charge in [-0.1, -0.05) is 60.5 Å². The van der Waals surface area contributed by atoms with Crippen molar-refractivity contribution in [2.24, 2.45) is 5.92 Å². The van der Waals surface area contributed by atoms with Gasteiger partial charge < -0.3 is 0 Å². The highest BCUT2D eigenvalue weighted by Gasteiger charge is 2.41. The first-order valence-corrected chi connectivity index (χ1v) is 19.7. The molecule has 0 bridgehead atoms. The fourth-order valence-corrected chi connectivity index (χ4v) is 13.2. The Hall–Kier alpha value is -3.62. The Bertz CT molecular complexity index is 1920. The number of allylic oxidation sites excluding steroid dienone is 4. The zero-order chi connectivity index (χ0) is 41.2. The average molecular weight is 819 g/mol. The fraction of sp³-hybridized carbons (Fsp3) is 0.317. The number of aryl methyl sites for hydroxylation is 6. The monoisotopic (exact) mass is 818 g/mol. The van der Waals surface area contributed by atoms with Gasteiger partial charge in [0.05, 0.1) is 22.3 Å². The topological polar surface area (TPSA) is 0 Å². The summed E-state index contributed by atoms with van der Waals surface area (Å²) in [5, 5.41) is 0.761. The van der Waals surface area contributed by atoms with E-state index in [1.54, 1.807) is 12.2 Å². The Kier molecular flexibility index (Phi) is 11.6. The van der Waals surface area contributed by atoms with E-state index in [2.05, 4.69) is 0 Å². The lowest BCUT2D eigenvalue weighted by atomic mass is 10.1. The molecule has 0 heterocycles. The summed E-state index contributed by atoms with van der Waals surface area (Å²) in [6.45, 7) is 13.8. The third-order valence-corrected chi connectivity index (χ3v) is 15.4. The van der Waals surface area contributed by atoms with E-state index >= 15 is 0 Å². The molecule has 4 aromatic carbocycles. The van der Waals surface area contributed by atoms with E-state index in [1.807, 2.05) is 72.7 Å². The number of halogens is 12. The van der Waals surface area contributed by atoms with Crippen LogP contribution in [0.2, 0.25) is 0 Å². The number of rotatable bonds is 7. The second kappa shape index (κ2) is 15.0. The molecule has 14 heteroatoms. The molecular formula is C41H36F12P2. The minimum Gasteiger partial charge on any atom is -0.166 e. The standard InChI is InChI=1S/C41H36F12P2/c1-21-10-23(3)36(24(4)11-21)54(37-25(5)12-22(2)13-26(37)6)27(7)28-8-9-33(14-28)55(34-17-29(38(42,43)44)15-30(18-34)39(45,46)47)35-19-31(40(48,49)50)16-32(20-35)41(51,52)53/h8-20,27-28H,1-7H3/t27-,28?/m1/s1. The SMILES string of the molecule is Cc1cc(C)c(P(c2c(C)cc(C)cc2C)[C@H](C)C2C=CC(P(c3cc(C(F)(F)F)cc(C(F)(F)F)c3)c3cc(C(F)(F)F)cc(C(F)(F)F)c3)=C2)c(C)c1. The molecule has 0 fully saturated rings. The van der Waals surface area contributed by atoms with Crippen molar-refractivity contribution in [2.45, 2.75) is 78.8 Å². The van der Waals surface area contributed by atoms with Gasteiger partial charge in [0.1, 0.15) is 0 Å². The first kappa shape index (κ1) is 42.5. The highest BCUT2D eigenvalue weighted by atomic mass is 31.1. The van der Waals surface area contributed by atoms with Crippen molar-refractivity contribution >= 4 is 37.1 Å². The van der Waals surface area contributed by atoms with Gasteiger partial charge in [0, 0.05) is 5.92 Å². The van der Waals surface area contributed by atoms with E-state index < -0.39 is 79.3 Å². The molecule has 5 rings (SSSR count). The highest BCUT2D eigenvalue weighted by molar-refractivity contribution is 7.77. The number of alkyl halides is 12. The van der Waals surface area contributed by atoms with Crippen LogP contribution >= 0.6 is 15.8 Å². The number of hydrogen-bond acceptors (Lipinski definition) is 0. The minimum absolute atomic E-state index is 0.0244. The van der Waals surface area contributed by atoms with Gasteiger partial charge in [0.2, 0.25) is 0 Å². The van der Waals surface area contributed by atoms with E-state index in [-0.39, 0.29) is 23.1 Å². The Morgan fingerprint density at radius 1 is 0.473 bits per heavy atom. The van der Waals surface area contributed by atoms with Gasteiger partial charge in [0.15, 0.2) is 0 Å². The van der Waals surface area contributed by atoms with Crippen LogP contribution in [0.25, 0.3) is 0 Å². The molecule has 0 saturated carbocycles. The summed E-state index contributed by atoms with van der Waals surface area (Å²) >= 11 is 0. The second-order valence-corrected chi connectivity index (χ2v) is 18.7. The molecule has 0 amide bonds. The number of benzene rings is 4. The Balaban J connectivity index is 1.79. The molecule has 0 saturated heterocycles. The predicted molar refractivity (Wildman–Crippen MR) is 197 cm³/mol. The Morgan fingerprint density at radius 2 is 0.782 bits per heavy atom. The van der Waals surface area contributed by atoms with Gasteiger partial charge in [-0.25, -0.2) is 0 Å². The van der Waals surface area contributed by atoms with Crippen LogP contribution in [0.1, 0.15) is 62.6 Å². The molecule has 55 heavy (non-hydrogen) atoms. The second-order valence-electron chi connectivity index (χ2n) is 14.0. The molecule has 1 aliphatic carbocycles. The molecule has 294 valence electrons. The highest BCUT2D eigenvalue weighted by Crippen LogP contribution is 2.54. The summed E-state index contributed by atoms with van der Waals surface area (Å²) in [6.07, 6.45) is -16.6. The van der Waals surface area contributed by atoms with E-state index in [0.717, 1.165) is 44.0 Å². The zero-order valence-corrected chi connectivity index (χ0v) is 32.4. The van der Waals surface area contributed by atoms with Crippen LogP contribution in [0, 0.1) is 47.5 Å². The average Bonchev–Trinajstić information content (AvgIpc) is 3.51. The van der Waals surface area contributed by atoms with Crippen molar-refractivity contribution in [1.29, 1.82) is 0 Å². The quantitative estimate of drug-likeness (QED) is 0.129. The van der Waals surface area contributed by atoms with E-state index in [4.69, 9.17) is 0 Å². The molecule has 1 aliphatic rings. The maximum atomic E-state index is 14.1. The zero-order valence-electron chi connectivity index (χ0n) is 30.6. The Labute approximate surface area is 313 Å². The summed E-state index contributed by atoms with van der Waals surface area (Å²) in [5.74, 6) is -0.549. The molecule has 0 aromatic heterocycles. The van der Waals surface area contributed by atoms with Gasteiger partial charge in [0.25, 0.3) is 0 Å². The minimum atomic E-state index is -5.32. The molecule has 0 aliphatic heterocycles. The van der Waals surface area contributed by atoms with Crippen molar-refractivity contribution in [3.63, 3.8) is 0 Å². The number of hydrogen-bond donors (Lipinski definition) is 0. The lowest BCUT2D eigenvalue weighted by Gasteiger charge is -2.34. The van der Waals surface area contributed by atoms with Crippen molar-refractivity contribution in [1.82, 2.24) is 0 Å². The predicted octanol–water partition coefficient (Wildman–Crippen LogP) is 12.6. The third kappa shape index (κ3) is 9.17. The van der Waals surface area contributed by atoms with Gasteiger partial charge in [-0.05, 0) is 148 Å². The van der Waals surface area contributed by atoms with Crippen LogP contribution in [-0.2, 0) is 24.7 Å². The summed E-state index contributed by atoms with van der Waals surface area (Å²) in [6, 6.07) is 9.46. The largest absolute Gasteiger partial charge is 0.416 e. The fourth-order valence-electron chi connectivity index (χ4n) is 7.35. The van der Waals surface area contributed by atoms with Crippen molar-refractivity contribution < 1.29 is 52.7 Å². The van der Waals surface area contributed by atoms with Crippen LogP contribution in [0.5, 0.6) is 0 Å². The summed E-state index contributed by atoms with van der Waals surface area (Å²) in [5.41, 5.74) is -1.13. The van der Waals surface area contributed by atoms with E-state index in [0.29, 0.717) is 24.3 Å². The molecule has 0 nitrogen and oxygen atoms in total. The first-order valence-electron chi connectivity index (χ1n) is 16.9. The lowest BCUT2D eigenvalue weighted by molar-refractivity contribution is -0.144. The van der Waals surface area contributed by atoms with Crippen LogP contribution in [0.3, 0.4) is 0 Å². The van der Waals surface area contributed by atoms with Crippen LogP contribution in [-0.4, -0.2) is 5.66 Å². The molecule has 0 N–H and O–H groups in total. The summed E-state index contributed by atoms with van der Waals surface area (Å²) < 4.78 is 169. The maximum absolute atomic E-state index is 14.1. The molecule has 0 radical (unpaired) electrons. The molecule has 0 spiro atoms. The summed E-state index contributed by atoms with van der Waals surface area (Å²) in [7, 11) is -4.08. The Morgan fingerprint density at radius 3 is 1.07 bits per heavy atom. The third-order valence-electron chi connectivity index (χ3n) is 9.49. The summed E-state index contributed by atoms with van der Waals surface area (Å²) in [4.78, 5) is 0. The van der Waals surface area contributed by atoms with E-state index in [1.165, 1.54) is 6.08 Å². The molecule has 4 aromatic rings. The van der Waals surface area contributed by atoms with Crippen LogP contribution in [0.4, 0.5) is 52.7 Å². The smallest absolute Gasteiger partial charge is 0.166 e. The molecular weight excluding hydrogens is 782 g/mol. The van der Waals surface area contributed by atoms with Gasteiger partial charge >= 0.3 is 24.7 Å². The molecule has 2 atom stereocenters. The first-order chi connectivity index (χ1) is 25.2. The van der Waals surface area contributed by atoms with Gasteiger partial charge in [-0.2, -0.15) is 52.7 Å². The van der Waals surface area contributed by atoms with Crippen molar-refractivity contribution in [3.8, 4) is 0 Å². The normalized spacial score (nSPS) is 16.0. The van der Waals surface area contributed by atoms with Gasteiger partial charge in [-0.3, -0.25) is 0 Å².